The second-order valence-electron chi connectivity index (χ2n) is 3.11. The number of aromatic nitrogens is 2. The van der Waals surface area contributed by atoms with Gasteiger partial charge in [-0.3, -0.25) is 14.5 Å². The summed E-state index contributed by atoms with van der Waals surface area (Å²) in [6.45, 7) is -0.0346. The van der Waals surface area contributed by atoms with Crippen molar-refractivity contribution >= 4 is 56.8 Å². The van der Waals surface area contributed by atoms with E-state index in [0.717, 1.165) is 4.90 Å². The highest BCUT2D eigenvalue weighted by atomic mass is 79.9. The van der Waals surface area contributed by atoms with Gasteiger partial charge in [0.15, 0.2) is 5.78 Å². The van der Waals surface area contributed by atoms with Crippen molar-refractivity contribution in [1.82, 2.24) is 9.97 Å². The Hall–Kier alpha value is -0.720. The van der Waals surface area contributed by atoms with E-state index in [1.54, 1.807) is 0 Å². The van der Waals surface area contributed by atoms with Crippen LogP contribution in [0.5, 0.6) is 0 Å². The predicted molar refractivity (Wildman–Crippen MR) is 61.7 cm³/mol. The number of amides is 1. The molecule has 5 nitrogen and oxygen atoms in total. The average Bonchev–Trinajstić information content (AvgIpc) is 2.53. The van der Waals surface area contributed by atoms with Crippen LogP contribution < -0.4 is 4.90 Å². The molecule has 2 rings (SSSR count). The zero-order valence-electron chi connectivity index (χ0n) is 7.71. The summed E-state index contributed by atoms with van der Waals surface area (Å²) in [5.41, 5.74) is 0. The first-order chi connectivity index (χ1) is 7.49. The summed E-state index contributed by atoms with van der Waals surface area (Å²) >= 11 is 14.6. The SMILES string of the molecule is O=C1CC(=O)N(c2nc(Cl)c(Br)c(Cl)n2)C1. The standard InChI is InChI=1S/C8H4BrCl2N3O2/c9-5-6(10)12-8(13-7(5)11)14-2-3(15)1-4(14)16/h1-2H2. The molecule has 0 bridgehead atoms. The van der Waals surface area contributed by atoms with Crippen LogP contribution in [0.4, 0.5) is 5.95 Å². The Morgan fingerprint density at radius 2 is 1.75 bits per heavy atom. The second kappa shape index (κ2) is 4.27. The maximum absolute atomic E-state index is 11.4. The molecule has 1 aliphatic heterocycles. The number of carbonyl (C=O) groups is 2. The van der Waals surface area contributed by atoms with Gasteiger partial charge in [0.05, 0.1) is 17.4 Å². The van der Waals surface area contributed by atoms with Crippen LogP contribution in [-0.4, -0.2) is 28.2 Å². The summed E-state index contributed by atoms with van der Waals surface area (Å²) in [7, 11) is 0. The maximum atomic E-state index is 11.4. The molecule has 1 aromatic heterocycles. The quantitative estimate of drug-likeness (QED) is 0.584. The third-order valence-corrected chi connectivity index (χ3v) is 3.74. The fourth-order valence-corrected chi connectivity index (χ4v) is 1.83. The summed E-state index contributed by atoms with van der Waals surface area (Å²) in [4.78, 5) is 31.4. The Morgan fingerprint density at radius 3 is 2.19 bits per heavy atom. The van der Waals surface area contributed by atoms with E-state index >= 15 is 0 Å². The molecule has 0 spiro atoms. The predicted octanol–water partition coefficient (Wildman–Crippen LogP) is 1.85. The summed E-state index contributed by atoms with van der Waals surface area (Å²) < 4.78 is 0.359. The number of nitrogens with zero attached hydrogens (tertiary/aromatic N) is 3. The first kappa shape index (κ1) is 11.8. The molecule has 0 atom stereocenters. The summed E-state index contributed by atoms with van der Waals surface area (Å²) in [6, 6.07) is 0. The monoisotopic (exact) mass is 323 g/mol. The molecule has 0 N–H and O–H groups in total. The van der Waals surface area contributed by atoms with Crippen molar-refractivity contribution in [1.29, 1.82) is 0 Å². The van der Waals surface area contributed by atoms with Gasteiger partial charge in [-0.15, -0.1) is 0 Å². The maximum Gasteiger partial charge on any atom is 0.237 e. The van der Waals surface area contributed by atoms with E-state index in [0.29, 0.717) is 4.47 Å². The summed E-state index contributed by atoms with van der Waals surface area (Å²) in [6.07, 6.45) is -0.130. The molecular formula is C8H4BrCl2N3O2. The lowest BCUT2D eigenvalue weighted by Crippen LogP contribution is -2.26. The lowest BCUT2D eigenvalue weighted by molar-refractivity contribution is -0.121. The molecule has 8 heteroatoms. The van der Waals surface area contributed by atoms with E-state index in [1.807, 2.05) is 0 Å². The fourth-order valence-electron chi connectivity index (χ4n) is 1.27. The topological polar surface area (TPSA) is 63.2 Å². The van der Waals surface area contributed by atoms with Gasteiger partial charge < -0.3 is 0 Å². The number of halogens is 3. The third kappa shape index (κ3) is 2.05. The highest BCUT2D eigenvalue weighted by Gasteiger charge is 2.31. The van der Waals surface area contributed by atoms with E-state index in [9.17, 15) is 9.59 Å². The van der Waals surface area contributed by atoms with Gasteiger partial charge in [0.2, 0.25) is 11.9 Å². The minimum atomic E-state index is -0.348. The summed E-state index contributed by atoms with van der Waals surface area (Å²) in [5.74, 6) is -0.475. The Morgan fingerprint density at radius 1 is 1.19 bits per heavy atom. The first-order valence-corrected chi connectivity index (χ1v) is 5.74. The molecule has 84 valence electrons. The van der Waals surface area contributed by atoms with Gasteiger partial charge in [0, 0.05) is 0 Å². The van der Waals surface area contributed by atoms with E-state index in [1.165, 1.54) is 0 Å². The number of hydrogen-bond donors (Lipinski definition) is 0. The van der Waals surface area contributed by atoms with Crippen molar-refractivity contribution in [2.24, 2.45) is 0 Å². The molecule has 2 heterocycles. The minimum absolute atomic E-state index is 0.0346. The lowest BCUT2D eigenvalue weighted by atomic mass is 10.3. The molecule has 1 fully saturated rings. The number of ketones is 1. The molecule has 0 radical (unpaired) electrons. The van der Waals surface area contributed by atoms with Gasteiger partial charge in [-0.2, -0.15) is 9.97 Å². The third-order valence-electron chi connectivity index (χ3n) is 1.98. The van der Waals surface area contributed by atoms with Gasteiger partial charge >= 0.3 is 0 Å². The van der Waals surface area contributed by atoms with Crippen LogP contribution in [0.15, 0.2) is 4.47 Å². The smallest absolute Gasteiger partial charge is 0.237 e. The van der Waals surface area contributed by atoms with Crippen molar-refractivity contribution in [3.05, 3.63) is 14.8 Å². The van der Waals surface area contributed by atoms with E-state index < -0.39 is 0 Å². The molecule has 1 aliphatic rings. The molecule has 1 amide bonds. The van der Waals surface area contributed by atoms with Gasteiger partial charge in [0.25, 0.3) is 0 Å². The number of hydrogen-bond acceptors (Lipinski definition) is 4. The highest BCUT2D eigenvalue weighted by molar-refractivity contribution is 9.10. The van der Waals surface area contributed by atoms with Crippen LogP contribution in [0.25, 0.3) is 0 Å². The molecular weight excluding hydrogens is 321 g/mol. The van der Waals surface area contributed by atoms with Crippen molar-refractivity contribution in [2.45, 2.75) is 6.42 Å². The average molecular weight is 325 g/mol. The van der Waals surface area contributed by atoms with Crippen molar-refractivity contribution < 1.29 is 9.59 Å². The van der Waals surface area contributed by atoms with Crippen molar-refractivity contribution in [3.8, 4) is 0 Å². The normalized spacial score (nSPS) is 16.1. The molecule has 0 aromatic carbocycles. The Kier molecular flexibility index (Phi) is 3.14. The molecule has 0 unspecified atom stereocenters. The zero-order valence-corrected chi connectivity index (χ0v) is 10.8. The van der Waals surface area contributed by atoms with Crippen LogP contribution in [-0.2, 0) is 9.59 Å². The number of Topliss-reactive ketones (excluding diaryl/α,β-unsaturated/α-hetero) is 1. The molecule has 1 aromatic rings. The Balaban J connectivity index is 2.42. The number of anilines is 1. The second-order valence-corrected chi connectivity index (χ2v) is 4.62. The van der Waals surface area contributed by atoms with Crippen LogP contribution in [0.2, 0.25) is 10.3 Å². The Labute approximate surface area is 109 Å². The van der Waals surface area contributed by atoms with E-state index in [2.05, 4.69) is 25.9 Å². The molecule has 1 saturated heterocycles. The Bertz CT molecular complexity index is 471. The van der Waals surface area contributed by atoms with E-state index in [4.69, 9.17) is 23.2 Å². The van der Waals surface area contributed by atoms with Crippen LogP contribution >= 0.6 is 39.1 Å². The van der Waals surface area contributed by atoms with E-state index in [-0.39, 0.29) is 40.9 Å². The van der Waals surface area contributed by atoms with Gasteiger partial charge in [-0.25, -0.2) is 0 Å². The number of carbonyl (C=O) groups excluding carboxylic acids is 2. The molecule has 0 aliphatic carbocycles. The zero-order chi connectivity index (χ0) is 11.9. The van der Waals surface area contributed by atoms with Crippen LogP contribution in [0.1, 0.15) is 6.42 Å². The first-order valence-electron chi connectivity index (χ1n) is 4.19. The molecule has 0 saturated carbocycles. The van der Waals surface area contributed by atoms with Gasteiger partial charge in [-0.05, 0) is 15.9 Å². The fraction of sp³-hybridized carbons (Fsp3) is 0.250. The lowest BCUT2D eigenvalue weighted by Gasteiger charge is -2.12. The molecule has 16 heavy (non-hydrogen) atoms. The van der Waals surface area contributed by atoms with Gasteiger partial charge in [-0.1, -0.05) is 23.2 Å². The van der Waals surface area contributed by atoms with Gasteiger partial charge in [0.1, 0.15) is 10.3 Å². The van der Waals surface area contributed by atoms with Crippen LogP contribution in [0, 0.1) is 0 Å². The minimum Gasteiger partial charge on any atom is -0.297 e. The van der Waals surface area contributed by atoms with Crippen molar-refractivity contribution in [3.63, 3.8) is 0 Å². The summed E-state index contributed by atoms with van der Waals surface area (Å²) in [5, 5.41) is 0.198. The largest absolute Gasteiger partial charge is 0.297 e. The number of rotatable bonds is 1. The highest BCUT2D eigenvalue weighted by Crippen LogP contribution is 2.29. The van der Waals surface area contributed by atoms with Crippen molar-refractivity contribution in [2.75, 3.05) is 11.4 Å². The van der Waals surface area contributed by atoms with Crippen LogP contribution in [0.3, 0.4) is 0 Å².